The zero-order valence-electron chi connectivity index (χ0n) is 20.0. The van der Waals surface area contributed by atoms with Crippen LogP contribution in [0.15, 0.2) is 36.4 Å². The zero-order chi connectivity index (χ0) is 25.4. The summed E-state index contributed by atoms with van der Waals surface area (Å²) in [6.07, 6.45) is 4.75. The van der Waals surface area contributed by atoms with E-state index in [1.54, 1.807) is 11.0 Å². The van der Waals surface area contributed by atoms with Crippen LogP contribution in [0.2, 0.25) is 0 Å². The molecule has 2 fully saturated rings. The van der Waals surface area contributed by atoms with E-state index in [0.717, 1.165) is 18.6 Å². The van der Waals surface area contributed by atoms with Gasteiger partial charge in [0, 0.05) is 25.1 Å². The number of fused-ring (bicyclic) bond motifs is 1. The topological polar surface area (TPSA) is 66.5 Å². The molecule has 2 aliphatic heterocycles. The van der Waals surface area contributed by atoms with E-state index < -0.39 is 34.7 Å². The molecule has 5 nitrogen and oxygen atoms in total. The summed E-state index contributed by atoms with van der Waals surface area (Å²) in [4.78, 5) is 40.4. The molecule has 1 spiro atoms. The number of benzene rings is 2. The molecule has 2 heterocycles. The fourth-order valence-corrected chi connectivity index (χ4v) is 6.41. The average molecular weight is 499 g/mol. The molecule has 1 saturated carbocycles. The van der Waals surface area contributed by atoms with Crippen molar-refractivity contribution < 1.29 is 27.6 Å². The van der Waals surface area contributed by atoms with Gasteiger partial charge in [-0.05, 0) is 91.3 Å². The van der Waals surface area contributed by atoms with Crippen LogP contribution < -0.4 is 5.32 Å². The predicted molar refractivity (Wildman–Crippen MR) is 126 cm³/mol. The molecule has 2 aromatic carbocycles. The van der Waals surface area contributed by atoms with E-state index in [4.69, 9.17) is 0 Å². The Balaban J connectivity index is 1.42. The first kappa shape index (κ1) is 24.5. The molecule has 2 aromatic rings. The Labute approximate surface area is 208 Å². The smallest absolute Gasteiger partial charge is 0.254 e. The Morgan fingerprint density at radius 1 is 0.917 bits per heavy atom. The number of hydrogen-bond donors (Lipinski definition) is 1. The molecule has 190 valence electrons. The maximum Gasteiger partial charge on any atom is 0.254 e. The Hall–Kier alpha value is -3.16. The van der Waals surface area contributed by atoms with Gasteiger partial charge in [0.15, 0.2) is 0 Å². The maximum absolute atomic E-state index is 14.5. The van der Waals surface area contributed by atoms with Gasteiger partial charge >= 0.3 is 0 Å². The van der Waals surface area contributed by atoms with E-state index in [2.05, 4.69) is 5.32 Å². The number of amides is 3. The van der Waals surface area contributed by atoms with Gasteiger partial charge in [0.2, 0.25) is 11.8 Å². The molecule has 0 radical (unpaired) electrons. The molecule has 1 atom stereocenters. The third-order valence-corrected chi connectivity index (χ3v) is 8.38. The first-order valence-electron chi connectivity index (χ1n) is 12.6. The number of nitrogens with one attached hydrogen (secondary N) is 1. The van der Waals surface area contributed by atoms with Gasteiger partial charge in [-0.2, -0.15) is 0 Å². The summed E-state index contributed by atoms with van der Waals surface area (Å²) in [5.41, 5.74) is 0.889. The SMILES string of the molecule is O=C1CCCCC2(CCC(c3cc(F)ccc3F)CC2)[C@H](CN2Cc3ccc(F)cc3C2=O)C(=O)N1. The lowest BCUT2D eigenvalue weighted by atomic mass is 9.60. The number of hydrogen-bond acceptors (Lipinski definition) is 3. The lowest BCUT2D eigenvalue weighted by Gasteiger charge is -2.46. The number of halogens is 3. The van der Waals surface area contributed by atoms with E-state index in [9.17, 15) is 27.6 Å². The monoisotopic (exact) mass is 498 g/mol. The third kappa shape index (κ3) is 4.65. The number of carbonyl (C=O) groups excluding carboxylic acids is 3. The molecule has 36 heavy (non-hydrogen) atoms. The summed E-state index contributed by atoms with van der Waals surface area (Å²) >= 11 is 0. The number of rotatable bonds is 3. The van der Waals surface area contributed by atoms with Crippen LogP contribution in [0.1, 0.15) is 78.8 Å². The lowest BCUT2D eigenvalue weighted by molar-refractivity contribution is -0.136. The van der Waals surface area contributed by atoms with E-state index in [-0.39, 0.29) is 37.2 Å². The summed E-state index contributed by atoms with van der Waals surface area (Å²) in [6.45, 7) is 0.395. The molecule has 8 heteroatoms. The van der Waals surface area contributed by atoms with Crippen LogP contribution in [-0.4, -0.2) is 29.2 Å². The molecular weight excluding hydrogens is 469 g/mol. The molecule has 0 aromatic heterocycles. The predicted octanol–water partition coefficient (Wildman–Crippen LogP) is 5.24. The molecule has 1 saturated heterocycles. The fraction of sp³-hybridized carbons (Fsp3) is 0.464. The number of nitrogens with zero attached hydrogens (tertiary/aromatic N) is 1. The van der Waals surface area contributed by atoms with Crippen molar-refractivity contribution in [2.24, 2.45) is 11.3 Å². The van der Waals surface area contributed by atoms with Crippen molar-refractivity contribution in [2.75, 3.05) is 6.54 Å². The zero-order valence-corrected chi connectivity index (χ0v) is 20.0. The molecule has 1 aliphatic carbocycles. The summed E-state index contributed by atoms with van der Waals surface area (Å²) in [5.74, 6) is -3.25. The van der Waals surface area contributed by atoms with Gasteiger partial charge in [-0.15, -0.1) is 0 Å². The van der Waals surface area contributed by atoms with Crippen molar-refractivity contribution in [3.63, 3.8) is 0 Å². The average Bonchev–Trinajstić information content (AvgIpc) is 3.18. The minimum absolute atomic E-state index is 0.118. The molecular formula is C28H29F3N2O3. The van der Waals surface area contributed by atoms with Crippen LogP contribution in [-0.2, 0) is 16.1 Å². The summed E-state index contributed by atoms with van der Waals surface area (Å²) in [5, 5.41) is 2.54. The summed E-state index contributed by atoms with van der Waals surface area (Å²) in [7, 11) is 0. The first-order valence-corrected chi connectivity index (χ1v) is 12.6. The van der Waals surface area contributed by atoms with E-state index in [1.807, 2.05) is 0 Å². The van der Waals surface area contributed by atoms with Gasteiger partial charge in [0.25, 0.3) is 5.91 Å². The quantitative estimate of drug-likeness (QED) is 0.589. The molecule has 3 amide bonds. The van der Waals surface area contributed by atoms with Gasteiger partial charge < -0.3 is 4.90 Å². The van der Waals surface area contributed by atoms with Crippen molar-refractivity contribution >= 4 is 17.7 Å². The van der Waals surface area contributed by atoms with Crippen molar-refractivity contribution in [3.05, 3.63) is 70.5 Å². The Morgan fingerprint density at radius 2 is 1.64 bits per heavy atom. The second kappa shape index (κ2) is 9.71. The highest BCUT2D eigenvalue weighted by Crippen LogP contribution is 2.51. The highest BCUT2D eigenvalue weighted by atomic mass is 19.1. The highest BCUT2D eigenvalue weighted by Gasteiger charge is 2.47. The highest BCUT2D eigenvalue weighted by molar-refractivity contribution is 6.00. The van der Waals surface area contributed by atoms with Crippen molar-refractivity contribution in [3.8, 4) is 0 Å². The van der Waals surface area contributed by atoms with Crippen molar-refractivity contribution in [1.82, 2.24) is 10.2 Å². The second-order valence-electron chi connectivity index (χ2n) is 10.5. The normalized spacial score (nSPS) is 26.9. The largest absolute Gasteiger partial charge is 0.333 e. The van der Waals surface area contributed by atoms with Crippen molar-refractivity contribution in [2.45, 2.75) is 63.8 Å². The van der Waals surface area contributed by atoms with Crippen LogP contribution in [0.4, 0.5) is 13.2 Å². The molecule has 0 bridgehead atoms. The first-order chi connectivity index (χ1) is 17.3. The van der Waals surface area contributed by atoms with Crippen molar-refractivity contribution in [1.29, 1.82) is 0 Å². The lowest BCUT2D eigenvalue weighted by Crippen LogP contribution is -2.50. The van der Waals surface area contributed by atoms with E-state index >= 15 is 0 Å². The second-order valence-corrected chi connectivity index (χ2v) is 10.5. The minimum atomic E-state index is -0.638. The van der Waals surface area contributed by atoms with Gasteiger partial charge in [0.1, 0.15) is 17.5 Å². The number of carbonyl (C=O) groups is 3. The van der Waals surface area contributed by atoms with Gasteiger partial charge in [-0.25, -0.2) is 13.2 Å². The van der Waals surface area contributed by atoms with E-state index in [1.165, 1.54) is 18.2 Å². The molecule has 1 N–H and O–H groups in total. The summed E-state index contributed by atoms with van der Waals surface area (Å²) in [6, 6.07) is 7.63. The minimum Gasteiger partial charge on any atom is -0.333 e. The molecule has 0 unspecified atom stereocenters. The molecule has 3 aliphatic rings. The van der Waals surface area contributed by atoms with Gasteiger partial charge in [-0.1, -0.05) is 12.5 Å². The summed E-state index contributed by atoms with van der Waals surface area (Å²) < 4.78 is 42.1. The van der Waals surface area contributed by atoms with Crippen LogP contribution in [0.5, 0.6) is 0 Å². The Morgan fingerprint density at radius 3 is 2.42 bits per heavy atom. The fourth-order valence-electron chi connectivity index (χ4n) is 6.41. The van der Waals surface area contributed by atoms with Crippen LogP contribution in [0, 0.1) is 28.8 Å². The third-order valence-electron chi connectivity index (χ3n) is 8.38. The Bertz CT molecular complexity index is 1210. The molecule has 5 rings (SSSR count). The van der Waals surface area contributed by atoms with Crippen LogP contribution in [0.3, 0.4) is 0 Å². The standard InChI is InChI=1S/C28H29F3N2O3/c29-19-5-4-18-15-33(27(36)22(18)14-19)16-23-26(35)32-25(34)3-1-2-10-28(23)11-8-17(9-12-28)21-13-20(30)6-7-24(21)31/h4-7,13-14,17,23H,1-3,8-12,15-16H2,(H,32,34,35)/t17?,23-,28?/m1/s1. The van der Waals surface area contributed by atoms with Crippen LogP contribution >= 0.6 is 0 Å². The van der Waals surface area contributed by atoms with Gasteiger partial charge in [-0.3, -0.25) is 19.7 Å². The van der Waals surface area contributed by atoms with E-state index in [0.29, 0.717) is 55.2 Å². The Kier molecular flexibility index (Phi) is 6.62. The maximum atomic E-state index is 14.5. The number of imide groups is 1. The van der Waals surface area contributed by atoms with Crippen LogP contribution in [0.25, 0.3) is 0 Å². The van der Waals surface area contributed by atoms with Gasteiger partial charge in [0.05, 0.1) is 5.92 Å².